The Morgan fingerprint density at radius 2 is 1.89 bits per heavy atom. The lowest BCUT2D eigenvalue weighted by Gasteiger charge is -2.26. The van der Waals surface area contributed by atoms with E-state index in [1.165, 1.54) is 0 Å². The third-order valence-electron chi connectivity index (χ3n) is 5.25. The number of fused-ring (bicyclic) bond motifs is 1. The number of carbonyl (C=O) groups is 2. The van der Waals surface area contributed by atoms with Gasteiger partial charge in [-0.1, -0.05) is 29.8 Å². The summed E-state index contributed by atoms with van der Waals surface area (Å²) in [6.45, 7) is 1.24. The number of nitrogens with zero attached hydrogens (tertiary/aromatic N) is 1. The summed E-state index contributed by atoms with van der Waals surface area (Å²) in [5.74, 6) is 0.0550. The molecule has 1 fully saturated rings. The molecule has 2 N–H and O–H groups in total. The van der Waals surface area contributed by atoms with Gasteiger partial charge in [-0.05, 0) is 42.7 Å². The van der Waals surface area contributed by atoms with Gasteiger partial charge in [0.2, 0.25) is 5.91 Å². The number of carbonyl (C=O) groups excluding carboxylic acids is 2. The summed E-state index contributed by atoms with van der Waals surface area (Å²) in [7, 11) is 0. The second-order valence-corrected chi connectivity index (χ2v) is 7.36. The Kier molecular flexibility index (Phi) is 4.53. The van der Waals surface area contributed by atoms with Crippen molar-refractivity contribution in [1.29, 1.82) is 0 Å². The van der Waals surface area contributed by atoms with Crippen LogP contribution in [0, 0.1) is 0 Å². The van der Waals surface area contributed by atoms with Gasteiger partial charge in [0.25, 0.3) is 5.91 Å². The largest absolute Gasteiger partial charge is 0.491 e. The molecular formula is C20H19ClN2O4. The van der Waals surface area contributed by atoms with Crippen LogP contribution >= 0.6 is 11.6 Å². The molecule has 2 aliphatic rings. The van der Waals surface area contributed by atoms with Crippen LogP contribution in [0.5, 0.6) is 5.75 Å². The van der Waals surface area contributed by atoms with Crippen LogP contribution in [0.15, 0.2) is 42.5 Å². The maximum absolute atomic E-state index is 13.3. The lowest BCUT2D eigenvalue weighted by atomic mass is 9.94. The van der Waals surface area contributed by atoms with E-state index in [2.05, 4.69) is 0 Å². The second kappa shape index (κ2) is 6.87. The van der Waals surface area contributed by atoms with E-state index in [0.29, 0.717) is 36.0 Å². The summed E-state index contributed by atoms with van der Waals surface area (Å²) in [5, 5.41) is 9.44. The molecule has 2 aromatic carbocycles. The first-order chi connectivity index (χ1) is 13.0. The third kappa shape index (κ3) is 3.26. The fourth-order valence-corrected chi connectivity index (χ4v) is 3.70. The first-order valence-corrected chi connectivity index (χ1v) is 9.17. The summed E-state index contributed by atoms with van der Waals surface area (Å²) in [6.07, 6.45) is 1.65. The monoisotopic (exact) mass is 386 g/mol. The Bertz CT molecular complexity index is 893. The van der Waals surface area contributed by atoms with Crippen molar-refractivity contribution in [3.05, 3.63) is 64.2 Å². The van der Waals surface area contributed by atoms with Gasteiger partial charge >= 0.3 is 0 Å². The van der Waals surface area contributed by atoms with Crippen LogP contribution in [0.25, 0.3) is 0 Å². The summed E-state index contributed by atoms with van der Waals surface area (Å²) < 4.78 is 5.75. The van der Waals surface area contributed by atoms with Gasteiger partial charge in [-0.25, -0.2) is 5.48 Å². The smallest absolute Gasteiger partial charge is 0.274 e. The Labute approximate surface area is 161 Å². The van der Waals surface area contributed by atoms with Gasteiger partial charge < -0.3 is 9.64 Å². The number of hydroxylamine groups is 1. The van der Waals surface area contributed by atoms with Gasteiger partial charge in [-0.3, -0.25) is 14.8 Å². The predicted molar refractivity (Wildman–Crippen MR) is 99.0 cm³/mol. The van der Waals surface area contributed by atoms with Crippen LogP contribution in [-0.2, 0) is 16.8 Å². The molecule has 1 saturated carbocycles. The van der Waals surface area contributed by atoms with Crippen molar-refractivity contribution in [2.45, 2.75) is 24.8 Å². The van der Waals surface area contributed by atoms with E-state index in [-0.39, 0.29) is 5.91 Å². The van der Waals surface area contributed by atoms with E-state index >= 15 is 0 Å². The van der Waals surface area contributed by atoms with Crippen LogP contribution in [0.1, 0.15) is 34.3 Å². The number of nitrogens with one attached hydrogen (secondary N) is 1. The number of hydrogen-bond donors (Lipinski definition) is 2. The zero-order valence-corrected chi connectivity index (χ0v) is 15.3. The molecule has 0 spiro atoms. The molecule has 1 aliphatic heterocycles. The highest BCUT2D eigenvalue weighted by atomic mass is 35.5. The maximum atomic E-state index is 13.3. The van der Waals surface area contributed by atoms with Crippen molar-refractivity contribution in [2.24, 2.45) is 0 Å². The van der Waals surface area contributed by atoms with E-state index in [9.17, 15) is 9.59 Å². The average Bonchev–Trinajstić information content (AvgIpc) is 3.51. The highest BCUT2D eigenvalue weighted by molar-refractivity contribution is 6.30. The van der Waals surface area contributed by atoms with Crippen molar-refractivity contribution >= 4 is 23.4 Å². The zero-order valence-electron chi connectivity index (χ0n) is 14.6. The minimum Gasteiger partial charge on any atom is -0.491 e. The van der Waals surface area contributed by atoms with Gasteiger partial charge in [0.15, 0.2) is 0 Å². The summed E-state index contributed by atoms with van der Waals surface area (Å²) >= 11 is 5.98. The highest BCUT2D eigenvalue weighted by Crippen LogP contribution is 2.50. The standard InChI is InChI=1S/C20H19ClN2O4/c21-16-5-3-15(4-6-16)20(7-8-20)19(25)23-9-10-27-17-11-13(18(24)22-26)1-2-14(17)12-23/h1-6,11,26H,7-10,12H2,(H,22,24). The molecule has 2 aromatic rings. The molecule has 1 heterocycles. The molecule has 0 unspecified atom stereocenters. The number of rotatable bonds is 3. The molecule has 1 aliphatic carbocycles. The highest BCUT2D eigenvalue weighted by Gasteiger charge is 2.53. The Balaban J connectivity index is 1.57. The SMILES string of the molecule is O=C(NO)c1ccc2c(c1)OCCN(C(=O)C1(c3ccc(Cl)cc3)CC1)C2. The van der Waals surface area contributed by atoms with Crippen LogP contribution in [-0.4, -0.2) is 35.1 Å². The minimum absolute atomic E-state index is 0.0958. The first-order valence-electron chi connectivity index (χ1n) is 8.79. The van der Waals surface area contributed by atoms with Crippen LogP contribution in [0.4, 0.5) is 0 Å². The molecule has 2 amide bonds. The van der Waals surface area contributed by atoms with Gasteiger partial charge in [0.05, 0.1) is 12.0 Å². The van der Waals surface area contributed by atoms with Crippen LogP contribution in [0.2, 0.25) is 5.02 Å². The molecule has 0 saturated heterocycles. The Hall–Kier alpha value is -2.57. The van der Waals surface area contributed by atoms with Gasteiger partial charge in [0, 0.05) is 22.7 Å². The molecule has 0 atom stereocenters. The van der Waals surface area contributed by atoms with E-state index in [1.807, 2.05) is 29.2 Å². The third-order valence-corrected chi connectivity index (χ3v) is 5.51. The summed E-state index contributed by atoms with van der Waals surface area (Å²) in [6, 6.07) is 12.4. The lowest BCUT2D eigenvalue weighted by molar-refractivity contribution is -0.134. The lowest BCUT2D eigenvalue weighted by Crippen LogP contribution is -2.40. The number of amides is 2. The van der Waals surface area contributed by atoms with E-state index in [4.69, 9.17) is 21.5 Å². The van der Waals surface area contributed by atoms with Crippen molar-refractivity contribution in [3.8, 4) is 5.75 Å². The van der Waals surface area contributed by atoms with Crippen molar-refractivity contribution < 1.29 is 19.5 Å². The van der Waals surface area contributed by atoms with Crippen LogP contribution < -0.4 is 10.2 Å². The molecule has 0 aromatic heterocycles. The number of benzene rings is 2. The van der Waals surface area contributed by atoms with Crippen LogP contribution in [0.3, 0.4) is 0 Å². The number of halogens is 1. The average molecular weight is 387 g/mol. The van der Waals surface area contributed by atoms with Gasteiger partial charge in [-0.2, -0.15) is 0 Å². The Morgan fingerprint density at radius 1 is 1.15 bits per heavy atom. The molecule has 27 heavy (non-hydrogen) atoms. The topological polar surface area (TPSA) is 78.9 Å². The fourth-order valence-electron chi connectivity index (χ4n) is 3.57. The van der Waals surface area contributed by atoms with Crippen molar-refractivity contribution in [2.75, 3.05) is 13.2 Å². The quantitative estimate of drug-likeness (QED) is 0.628. The normalized spacial score (nSPS) is 17.3. The van der Waals surface area contributed by atoms with Crippen molar-refractivity contribution in [3.63, 3.8) is 0 Å². The molecular weight excluding hydrogens is 368 g/mol. The molecule has 140 valence electrons. The van der Waals surface area contributed by atoms with Gasteiger partial charge in [-0.15, -0.1) is 0 Å². The first kappa shape index (κ1) is 17.8. The number of hydrogen-bond acceptors (Lipinski definition) is 4. The van der Waals surface area contributed by atoms with E-state index in [0.717, 1.165) is 24.0 Å². The Morgan fingerprint density at radius 3 is 2.56 bits per heavy atom. The second-order valence-electron chi connectivity index (χ2n) is 6.93. The minimum atomic E-state index is -0.599. The van der Waals surface area contributed by atoms with Crippen molar-refractivity contribution in [1.82, 2.24) is 10.4 Å². The summed E-state index contributed by atoms with van der Waals surface area (Å²) in [5.41, 5.74) is 3.28. The van der Waals surface area contributed by atoms with E-state index in [1.54, 1.807) is 23.7 Å². The molecule has 4 rings (SSSR count). The van der Waals surface area contributed by atoms with E-state index < -0.39 is 11.3 Å². The summed E-state index contributed by atoms with van der Waals surface area (Å²) in [4.78, 5) is 26.7. The predicted octanol–water partition coefficient (Wildman–Crippen LogP) is 2.91. The van der Waals surface area contributed by atoms with Gasteiger partial charge in [0.1, 0.15) is 12.4 Å². The molecule has 6 nitrogen and oxygen atoms in total. The zero-order chi connectivity index (χ0) is 19.0. The number of ether oxygens (including phenoxy) is 1. The molecule has 7 heteroatoms. The molecule has 0 bridgehead atoms. The molecule has 0 radical (unpaired) electrons. The maximum Gasteiger partial charge on any atom is 0.274 e. The fraction of sp³-hybridized carbons (Fsp3) is 0.300.